The summed E-state index contributed by atoms with van der Waals surface area (Å²) in [7, 11) is 0. The molecular weight excluding hydrogens is 467 g/mol. The van der Waals surface area contributed by atoms with Crippen molar-refractivity contribution in [1.29, 1.82) is 0 Å². The quantitative estimate of drug-likeness (QED) is 0.647. The Labute approximate surface area is 191 Å². The summed E-state index contributed by atoms with van der Waals surface area (Å²) in [6.45, 7) is 3.68. The molecule has 3 rings (SSSR count). The van der Waals surface area contributed by atoms with Gasteiger partial charge < -0.3 is 20.4 Å². The van der Waals surface area contributed by atoms with Gasteiger partial charge in [-0.2, -0.15) is 13.2 Å². The molecule has 0 bridgehead atoms. The van der Waals surface area contributed by atoms with Crippen molar-refractivity contribution in [3.63, 3.8) is 0 Å². The van der Waals surface area contributed by atoms with Crippen LogP contribution in [0.1, 0.15) is 15.9 Å². The van der Waals surface area contributed by atoms with Gasteiger partial charge in [0, 0.05) is 37.4 Å². The summed E-state index contributed by atoms with van der Waals surface area (Å²) in [5, 5.41) is 5.83. The molecule has 0 atom stereocenters. The number of aromatic nitrogens is 1. The van der Waals surface area contributed by atoms with Crippen LogP contribution in [0, 0.1) is 6.92 Å². The molecule has 0 aliphatic carbocycles. The lowest BCUT2D eigenvalue weighted by atomic mass is 10.1. The summed E-state index contributed by atoms with van der Waals surface area (Å²) in [4.78, 5) is 47.1. The Hall–Kier alpha value is -3.38. The average Bonchev–Trinajstić information content (AvgIpc) is 2.78. The van der Waals surface area contributed by atoms with Gasteiger partial charge in [-0.3, -0.25) is 4.79 Å². The SMILES string of the molecule is Cc1ccc(N(OC(=O)C(F)(F)F)C(=O)c2cc(Cl)ccc2NC(=O)N2CCNCC2)nc1. The molecule has 1 fully saturated rings. The number of anilines is 2. The summed E-state index contributed by atoms with van der Waals surface area (Å²) >= 11 is 5.99. The van der Waals surface area contributed by atoms with E-state index in [1.54, 1.807) is 6.92 Å². The molecule has 9 nitrogen and oxygen atoms in total. The van der Waals surface area contributed by atoms with Crippen LogP contribution in [0.25, 0.3) is 0 Å². The van der Waals surface area contributed by atoms with E-state index in [0.29, 0.717) is 31.7 Å². The Bertz CT molecular complexity index is 1040. The number of hydrogen-bond donors (Lipinski definition) is 2. The van der Waals surface area contributed by atoms with Crippen LogP contribution in [-0.2, 0) is 9.63 Å². The molecule has 1 saturated heterocycles. The second kappa shape index (κ2) is 10.0. The normalized spacial score (nSPS) is 13.9. The molecule has 2 heterocycles. The molecule has 3 amide bonds. The minimum absolute atomic E-state index is 0.0342. The van der Waals surface area contributed by atoms with Gasteiger partial charge in [-0.15, -0.1) is 5.06 Å². The number of aryl methyl sites for hydroxylation is 1. The summed E-state index contributed by atoms with van der Waals surface area (Å²) < 4.78 is 38.6. The molecule has 0 radical (unpaired) electrons. The summed E-state index contributed by atoms with van der Waals surface area (Å²) in [5.41, 5.74) is 0.316. The molecule has 33 heavy (non-hydrogen) atoms. The molecule has 2 aromatic rings. The zero-order valence-electron chi connectivity index (χ0n) is 17.3. The molecular formula is C20H19ClF3N5O4. The summed E-state index contributed by atoms with van der Waals surface area (Å²) in [6.07, 6.45) is -4.08. The largest absolute Gasteiger partial charge is 0.493 e. The Morgan fingerprint density at radius 3 is 2.48 bits per heavy atom. The van der Waals surface area contributed by atoms with E-state index in [4.69, 9.17) is 11.6 Å². The number of hydroxylamine groups is 1. The van der Waals surface area contributed by atoms with Gasteiger partial charge in [0.15, 0.2) is 5.82 Å². The maximum Gasteiger partial charge on any atom is 0.493 e. The predicted molar refractivity (Wildman–Crippen MR) is 113 cm³/mol. The van der Waals surface area contributed by atoms with Gasteiger partial charge in [-0.1, -0.05) is 17.7 Å². The molecule has 0 saturated carbocycles. The van der Waals surface area contributed by atoms with Gasteiger partial charge in [0.05, 0.1) is 11.3 Å². The van der Waals surface area contributed by atoms with E-state index >= 15 is 0 Å². The van der Waals surface area contributed by atoms with Gasteiger partial charge in [0.1, 0.15) is 0 Å². The van der Waals surface area contributed by atoms with Crippen molar-refractivity contribution in [3.8, 4) is 0 Å². The first-order valence-electron chi connectivity index (χ1n) is 9.68. The summed E-state index contributed by atoms with van der Waals surface area (Å²) in [5.74, 6) is -4.18. The highest BCUT2D eigenvalue weighted by molar-refractivity contribution is 6.31. The number of pyridine rings is 1. The van der Waals surface area contributed by atoms with Gasteiger partial charge in [-0.25, -0.2) is 14.6 Å². The zero-order chi connectivity index (χ0) is 24.2. The van der Waals surface area contributed by atoms with Crippen LogP contribution < -0.4 is 15.7 Å². The minimum Gasteiger partial charge on any atom is -0.323 e. The number of hydrogen-bond acceptors (Lipinski definition) is 6. The van der Waals surface area contributed by atoms with E-state index in [9.17, 15) is 27.6 Å². The fourth-order valence-corrected chi connectivity index (χ4v) is 3.05. The van der Waals surface area contributed by atoms with Crippen molar-refractivity contribution in [1.82, 2.24) is 15.2 Å². The van der Waals surface area contributed by atoms with Crippen molar-refractivity contribution >= 4 is 41.0 Å². The lowest BCUT2D eigenvalue weighted by Crippen LogP contribution is -2.48. The molecule has 1 aromatic heterocycles. The molecule has 1 aliphatic heterocycles. The average molecular weight is 486 g/mol. The zero-order valence-corrected chi connectivity index (χ0v) is 18.0. The van der Waals surface area contributed by atoms with Crippen molar-refractivity contribution in [2.75, 3.05) is 36.6 Å². The number of urea groups is 1. The lowest BCUT2D eigenvalue weighted by molar-refractivity contribution is -0.200. The molecule has 13 heteroatoms. The lowest BCUT2D eigenvalue weighted by Gasteiger charge is -2.28. The minimum atomic E-state index is -5.36. The monoisotopic (exact) mass is 485 g/mol. The van der Waals surface area contributed by atoms with E-state index in [-0.39, 0.29) is 27.2 Å². The standard InChI is InChI=1S/C20H19ClF3N5O4/c1-12-2-5-16(26-11-12)29(33-18(31)20(22,23)24)17(30)14-10-13(21)3-4-15(14)27-19(32)28-8-6-25-7-9-28/h2-5,10-11,25H,6-9H2,1H3,(H,27,32). The van der Waals surface area contributed by atoms with E-state index in [2.05, 4.69) is 20.5 Å². The van der Waals surface area contributed by atoms with Crippen molar-refractivity contribution < 1.29 is 32.4 Å². The third-order valence-electron chi connectivity index (χ3n) is 4.55. The highest BCUT2D eigenvalue weighted by atomic mass is 35.5. The molecule has 1 aromatic carbocycles. The number of nitrogens with zero attached hydrogens (tertiary/aromatic N) is 3. The van der Waals surface area contributed by atoms with Crippen molar-refractivity contribution in [3.05, 3.63) is 52.7 Å². The van der Waals surface area contributed by atoms with Gasteiger partial charge in [0.2, 0.25) is 0 Å². The fourth-order valence-electron chi connectivity index (χ4n) is 2.88. The predicted octanol–water partition coefficient (Wildman–Crippen LogP) is 3.15. The van der Waals surface area contributed by atoms with E-state index in [0.717, 1.165) is 6.07 Å². The number of carbonyl (C=O) groups excluding carboxylic acids is 3. The molecule has 0 spiro atoms. The molecule has 176 valence electrons. The first-order valence-corrected chi connectivity index (χ1v) is 10.1. The first kappa shape index (κ1) is 24.3. The Morgan fingerprint density at radius 2 is 1.88 bits per heavy atom. The van der Waals surface area contributed by atoms with Gasteiger partial charge in [0.25, 0.3) is 5.91 Å². The smallest absolute Gasteiger partial charge is 0.323 e. The van der Waals surface area contributed by atoms with Crippen molar-refractivity contribution in [2.45, 2.75) is 13.1 Å². The van der Waals surface area contributed by atoms with Crippen LogP contribution in [0.3, 0.4) is 0 Å². The Balaban J connectivity index is 1.95. The number of nitrogens with one attached hydrogen (secondary N) is 2. The van der Waals surface area contributed by atoms with Gasteiger partial charge in [-0.05, 0) is 36.8 Å². The highest BCUT2D eigenvalue weighted by Gasteiger charge is 2.44. The van der Waals surface area contributed by atoms with E-state index in [1.807, 2.05) is 0 Å². The van der Waals surface area contributed by atoms with Crippen LogP contribution in [-0.4, -0.2) is 60.1 Å². The number of piperazine rings is 1. The fraction of sp³-hybridized carbons (Fsp3) is 0.300. The number of carbonyl (C=O) groups is 3. The van der Waals surface area contributed by atoms with Crippen LogP contribution in [0.15, 0.2) is 36.5 Å². The highest BCUT2D eigenvalue weighted by Crippen LogP contribution is 2.27. The topological polar surface area (TPSA) is 104 Å². The molecule has 0 unspecified atom stereocenters. The van der Waals surface area contributed by atoms with E-state index < -0.39 is 24.1 Å². The molecule has 2 N–H and O–H groups in total. The maximum absolute atomic E-state index is 13.2. The first-order chi connectivity index (χ1) is 15.6. The van der Waals surface area contributed by atoms with Gasteiger partial charge >= 0.3 is 18.2 Å². The van der Waals surface area contributed by atoms with Crippen LogP contribution in [0.2, 0.25) is 5.02 Å². The summed E-state index contributed by atoms with van der Waals surface area (Å²) in [6, 6.07) is 6.01. The van der Waals surface area contributed by atoms with Crippen LogP contribution in [0.4, 0.5) is 29.5 Å². The molecule has 1 aliphatic rings. The van der Waals surface area contributed by atoms with E-state index in [1.165, 1.54) is 35.4 Å². The number of alkyl halides is 3. The third-order valence-corrected chi connectivity index (χ3v) is 4.79. The Morgan fingerprint density at radius 1 is 1.18 bits per heavy atom. The maximum atomic E-state index is 13.2. The second-order valence-electron chi connectivity index (χ2n) is 7.03. The number of rotatable bonds is 3. The van der Waals surface area contributed by atoms with Crippen molar-refractivity contribution in [2.24, 2.45) is 0 Å². The van der Waals surface area contributed by atoms with Crippen LogP contribution >= 0.6 is 11.6 Å². The second-order valence-corrected chi connectivity index (χ2v) is 7.46. The number of halogens is 4. The Kier molecular flexibility index (Phi) is 7.39. The van der Waals surface area contributed by atoms with Crippen LogP contribution in [0.5, 0.6) is 0 Å². The number of amides is 3. The third kappa shape index (κ3) is 6.11. The number of benzene rings is 1.